The van der Waals surface area contributed by atoms with Crippen molar-refractivity contribution in [3.63, 3.8) is 0 Å². The van der Waals surface area contributed by atoms with Crippen molar-refractivity contribution in [2.45, 2.75) is 12.3 Å². The van der Waals surface area contributed by atoms with Crippen LogP contribution in [0.25, 0.3) is 16.6 Å². The molecular weight excluding hydrogens is 481 g/mol. The Morgan fingerprint density at radius 3 is 2.50 bits per heavy atom. The largest absolute Gasteiger partial charge is 0.490 e. The summed E-state index contributed by atoms with van der Waals surface area (Å²) in [6.45, 7) is 0.0499. The molecule has 0 aliphatic heterocycles. The Balaban J connectivity index is 0.000000406. The van der Waals surface area contributed by atoms with Crippen LogP contribution in [0.4, 0.5) is 13.2 Å². The Labute approximate surface area is 194 Å². The predicted octanol–water partition coefficient (Wildman–Crippen LogP) is 2.89. The number of aromatic nitrogens is 5. The summed E-state index contributed by atoms with van der Waals surface area (Å²) < 4.78 is 33.2. The maximum Gasteiger partial charge on any atom is 0.490 e. The Morgan fingerprint density at radius 1 is 1.18 bits per heavy atom. The number of halogens is 4. The molecule has 0 radical (unpaired) electrons. The number of carbonyl (C=O) groups is 2. The summed E-state index contributed by atoms with van der Waals surface area (Å²) in [7, 11) is 0. The first-order valence-electron chi connectivity index (χ1n) is 9.42. The van der Waals surface area contributed by atoms with Gasteiger partial charge < -0.3 is 15.5 Å². The molecule has 0 fully saturated rings. The van der Waals surface area contributed by atoms with Gasteiger partial charge in [-0.2, -0.15) is 18.3 Å². The van der Waals surface area contributed by atoms with E-state index in [0.717, 1.165) is 16.6 Å². The van der Waals surface area contributed by atoms with E-state index in [0.29, 0.717) is 10.6 Å². The molecule has 0 saturated carbocycles. The molecule has 2 aromatic heterocycles. The van der Waals surface area contributed by atoms with Gasteiger partial charge >= 0.3 is 12.1 Å². The Morgan fingerprint density at radius 2 is 1.85 bits per heavy atom. The molecule has 4 N–H and O–H groups in total. The lowest BCUT2D eigenvalue weighted by molar-refractivity contribution is -0.192. The number of fused-ring (bicyclic) bond motifs is 1. The van der Waals surface area contributed by atoms with Crippen LogP contribution in [0.15, 0.2) is 54.9 Å². The molecule has 1 atom stereocenters. The van der Waals surface area contributed by atoms with Crippen LogP contribution in [0.2, 0.25) is 5.02 Å². The molecular formula is C20H16ClF3N6O4. The summed E-state index contributed by atoms with van der Waals surface area (Å²) in [5.41, 5.74) is 2.49. The highest BCUT2D eigenvalue weighted by Crippen LogP contribution is 2.17. The number of rotatable bonds is 5. The van der Waals surface area contributed by atoms with Crippen molar-refractivity contribution in [3.05, 3.63) is 71.1 Å². The lowest BCUT2D eigenvalue weighted by atomic mass is 10.1. The summed E-state index contributed by atoms with van der Waals surface area (Å²) in [5.74, 6) is -3.17. The molecule has 178 valence electrons. The number of benzene rings is 2. The number of nitrogens with one attached hydrogen (secondary N) is 2. The van der Waals surface area contributed by atoms with Gasteiger partial charge in [-0.15, -0.1) is 5.10 Å². The molecule has 0 saturated heterocycles. The van der Waals surface area contributed by atoms with E-state index >= 15 is 0 Å². The number of amides is 1. The van der Waals surface area contributed by atoms with Crippen LogP contribution < -0.4 is 5.32 Å². The lowest BCUT2D eigenvalue weighted by Gasteiger charge is -2.11. The molecule has 4 rings (SSSR count). The van der Waals surface area contributed by atoms with Crippen molar-refractivity contribution in [1.82, 2.24) is 30.5 Å². The molecule has 14 heteroatoms. The number of aromatic amines is 1. The maximum atomic E-state index is 12.3. The summed E-state index contributed by atoms with van der Waals surface area (Å²) in [4.78, 5) is 21.2. The second-order valence-electron chi connectivity index (χ2n) is 6.77. The average Bonchev–Trinajstić information content (AvgIpc) is 3.46. The highest BCUT2D eigenvalue weighted by atomic mass is 35.5. The van der Waals surface area contributed by atoms with Crippen LogP contribution in [-0.2, 0) is 4.79 Å². The number of H-pyrrole nitrogens is 1. The van der Waals surface area contributed by atoms with E-state index in [1.165, 1.54) is 10.9 Å². The highest BCUT2D eigenvalue weighted by molar-refractivity contribution is 6.30. The van der Waals surface area contributed by atoms with Crippen LogP contribution in [0.5, 0.6) is 0 Å². The minimum Gasteiger partial charge on any atom is -0.475 e. The quantitative estimate of drug-likeness (QED) is 0.332. The number of carboxylic acids is 1. The van der Waals surface area contributed by atoms with Crippen LogP contribution in [-0.4, -0.2) is 60.0 Å². The minimum absolute atomic E-state index is 0.0499. The van der Waals surface area contributed by atoms with E-state index in [9.17, 15) is 23.1 Å². The molecule has 2 aromatic carbocycles. The minimum atomic E-state index is -5.08. The van der Waals surface area contributed by atoms with Crippen molar-refractivity contribution in [2.75, 3.05) is 6.54 Å². The van der Waals surface area contributed by atoms with Crippen molar-refractivity contribution in [2.24, 2.45) is 0 Å². The lowest BCUT2D eigenvalue weighted by Crippen LogP contribution is -2.28. The zero-order valence-corrected chi connectivity index (χ0v) is 17.7. The molecule has 4 aromatic rings. The van der Waals surface area contributed by atoms with Gasteiger partial charge in [0, 0.05) is 17.0 Å². The van der Waals surface area contributed by atoms with Gasteiger partial charge in [0.1, 0.15) is 0 Å². The second-order valence-corrected chi connectivity index (χ2v) is 7.21. The van der Waals surface area contributed by atoms with Gasteiger partial charge in [-0.25, -0.2) is 9.48 Å². The number of aliphatic carboxylic acids is 1. The summed E-state index contributed by atoms with van der Waals surface area (Å²) in [6, 6.07) is 12.4. The van der Waals surface area contributed by atoms with Gasteiger partial charge in [0.05, 0.1) is 29.7 Å². The Bertz CT molecular complexity index is 1290. The van der Waals surface area contributed by atoms with E-state index in [-0.39, 0.29) is 12.2 Å². The number of nitrogens with zero attached hydrogens (tertiary/aromatic N) is 4. The van der Waals surface area contributed by atoms with E-state index in [2.05, 4.69) is 25.8 Å². The first kappa shape index (κ1) is 24.7. The molecule has 2 heterocycles. The first-order valence-corrected chi connectivity index (χ1v) is 9.80. The molecule has 0 aliphatic carbocycles. The van der Waals surface area contributed by atoms with Crippen molar-refractivity contribution in [1.29, 1.82) is 0 Å². The van der Waals surface area contributed by atoms with E-state index in [4.69, 9.17) is 21.5 Å². The fraction of sp³-hybridized carbons (Fsp3) is 0.150. The molecule has 0 bridgehead atoms. The number of aliphatic hydroxyl groups excluding tert-OH is 1. The molecule has 0 aliphatic rings. The van der Waals surface area contributed by atoms with Gasteiger partial charge in [0.25, 0.3) is 5.91 Å². The Kier molecular flexibility index (Phi) is 7.48. The fourth-order valence-corrected chi connectivity index (χ4v) is 2.78. The van der Waals surface area contributed by atoms with Gasteiger partial charge in [-0.05, 0) is 35.9 Å². The number of carbonyl (C=O) groups excluding carboxylic acids is 1. The van der Waals surface area contributed by atoms with Crippen molar-refractivity contribution < 1.29 is 33.0 Å². The van der Waals surface area contributed by atoms with E-state index in [1.807, 2.05) is 18.2 Å². The third kappa shape index (κ3) is 6.30. The zero-order chi connectivity index (χ0) is 24.9. The maximum absolute atomic E-state index is 12.3. The molecule has 10 nitrogen and oxygen atoms in total. The second kappa shape index (κ2) is 10.3. The number of hydrogen-bond donors (Lipinski definition) is 4. The van der Waals surface area contributed by atoms with Crippen LogP contribution in [0.3, 0.4) is 0 Å². The smallest absolute Gasteiger partial charge is 0.475 e. The van der Waals surface area contributed by atoms with Crippen LogP contribution in [0.1, 0.15) is 22.2 Å². The van der Waals surface area contributed by atoms with Gasteiger partial charge in [-0.3, -0.25) is 9.89 Å². The first-order chi connectivity index (χ1) is 16.0. The van der Waals surface area contributed by atoms with Crippen LogP contribution >= 0.6 is 11.6 Å². The normalized spacial score (nSPS) is 12.0. The van der Waals surface area contributed by atoms with Gasteiger partial charge in [0.2, 0.25) is 0 Å². The van der Waals surface area contributed by atoms with Gasteiger partial charge in [-0.1, -0.05) is 28.9 Å². The topological polar surface area (TPSA) is 146 Å². The third-order valence-electron chi connectivity index (χ3n) is 4.37. The number of carboxylic acid groups (broad SMARTS) is 1. The molecule has 1 unspecified atom stereocenters. The van der Waals surface area contributed by atoms with E-state index in [1.54, 1.807) is 30.5 Å². The number of alkyl halides is 3. The highest BCUT2D eigenvalue weighted by Gasteiger charge is 2.38. The van der Waals surface area contributed by atoms with Crippen molar-refractivity contribution in [3.8, 4) is 5.69 Å². The predicted molar refractivity (Wildman–Crippen MR) is 113 cm³/mol. The standard InChI is InChI=1S/C18H15ClN6O2.C2HF3O2/c19-13-3-1-11(2-4-13)17(26)9-20-18(27)16-10-25(24-23-16)14-5-6-15-12(7-14)8-21-22-15;3-2(4,5)1(6)7/h1-8,10,17,26H,9H2,(H,20,27)(H,21,22);(H,6,7). The number of hydrogen-bond acceptors (Lipinski definition) is 6. The number of aliphatic hydroxyl groups is 1. The van der Waals surface area contributed by atoms with Crippen LogP contribution in [0, 0.1) is 0 Å². The fourth-order valence-electron chi connectivity index (χ4n) is 2.65. The van der Waals surface area contributed by atoms with Crippen molar-refractivity contribution >= 4 is 34.4 Å². The average molecular weight is 497 g/mol. The third-order valence-corrected chi connectivity index (χ3v) is 4.62. The zero-order valence-electron chi connectivity index (χ0n) is 17.0. The molecule has 34 heavy (non-hydrogen) atoms. The Hall–Kier alpha value is -3.97. The summed E-state index contributed by atoms with van der Waals surface area (Å²) >= 11 is 5.83. The van der Waals surface area contributed by atoms with E-state index < -0.39 is 24.2 Å². The monoisotopic (exact) mass is 496 g/mol. The molecule has 0 spiro atoms. The SMILES string of the molecule is O=C(NCC(O)c1ccc(Cl)cc1)c1cn(-c2ccc3[nH]ncc3c2)nn1.O=C(O)C(F)(F)F. The summed E-state index contributed by atoms with van der Waals surface area (Å²) in [5, 5.41) is 36.2. The summed E-state index contributed by atoms with van der Waals surface area (Å²) in [6.07, 6.45) is -2.68. The molecule has 1 amide bonds. The van der Waals surface area contributed by atoms with Gasteiger partial charge in [0.15, 0.2) is 5.69 Å².